The van der Waals surface area contributed by atoms with Gasteiger partial charge in [0.2, 0.25) is 10.0 Å². The van der Waals surface area contributed by atoms with E-state index in [0.717, 1.165) is 35.8 Å². The molecule has 44 heavy (non-hydrogen) atoms. The highest BCUT2D eigenvalue weighted by Crippen LogP contribution is 2.45. The third kappa shape index (κ3) is 5.26. The number of nitrogens with zero attached hydrogens (tertiary/aromatic N) is 4. The first-order valence-corrected chi connectivity index (χ1v) is 17.9. The number of hydrogen-bond donors (Lipinski definition) is 1. The van der Waals surface area contributed by atoms with Crippen molar-refractivity contribution in [2.75, 3.05) is 24.2 Å². The van der Waals surface area contributed by atoms with E-state index in [4.69, 9.17) is 14.2 Å². The normalized spacial score (nSPS) is 15.8. The maximum Gasteiger partial charge on any atom is 0.236 e. The van der Waals surface area contributed by atoms with Crippen molar-refractivity contribution < 1.29 is 26.1 Å². The van der Waals surface area contributed by atoms with Crippen molar-refractivity contribution in [2.24, 2.45) is 5.92 Å². The Bertz CT molecular complexity index is 2060. The molecule has 5 aromatic rings. The van der Waals surface area contributed by atoms with Crippen LogP contribution >= 0.6 is 0 Å². The Morgan fingerprint density at radius 2 is 1.70 bits per heavy atom. The van der Waals surface area contributed by atoms with Crippen LogP contribution in [0, 0.1) is 19.8 Å². The lowest BCUT2D eigenvalue weighted by Gasteiger charge is -2.33. The fourth-order valence-electron chi connectivity index (χ4n) is 6.13. The number of ether oxygens (including phenoxy) is 1. The number of aromatic nitrogens is 4. The average molecular weight is 638 g/mol. The minimum absolute atomic E-state index is 0.00938. The zero-order chi connectivity index (χ0) is 31.4. The first-order chi connectivity index (χ1) is 20.9. The van der Waals surface area contributed by atoms with Crippen LogP contribution in [0.3, 0.4) is 0 Å². The molecule has 6 rings (SSSR count). The van der Waals surface area contributed by atoms with E-state index in [1.165, 1.54) is 6.20 Å². The molecule has 1 atom stereocenters. The molecule has 0 bridgehead atoms. The number of benzene rings is 1. The number of pyridine rings is 2. The first-order valence-electron chi connectivity index (χ1n) is 14.5. The quantitative estimate of drug-likeness (QED) is 0.235. The van der Waals surface area contributed by atoms with Gasteiger partial charge in [0.25, 0.3) is 0 Å². The molecule has 4 aromatic heterocycles. The Labute approximate surface area is 256 Å². The van der Waals surface area contributed by atoms with Gasteiger partial charge in [-0.25, -0.2) is 21.8 Å². The number of hydrogen-bond acceptors (Lipinski definition) is 9. The molecule has 0 aliphatic carbocycles. The summed E-state index contributed by atoms with van der Waals surface area (Å²) in [5.41, 5.74) is 4.64. The van der Waals surface area contributed by atoms with Crippen LogP contribution in [0.4, 0.5) is 5.82 Å². The number of fused-ring (bicyclic) bond motifs is 3. The molecule has 1 saturated heterocycles. The number of aryl methyl sites for hydroxylation is 2. The highest BCUT2D eigenvalue weighted by molar-refractivity contribution is 7.93. The van der Waals surface area contributed by atoms with E-state index in [-0.39, 0.29) is 22.7 Å². The van der Waals surface area contributed by atoms with Gasteiger partial charge in [0.15, 0.2) is 15.7 Å². The molecule has 11 nitrogen and oxygen atoms in total. The molecule has 0 amide bonds. The topological polar surface area (TPSA) is 146 Å². The van der Waals surface area contributed by atoms with Crippen molar-refractivity contribution in [3.8, 4) is 11.1 Å². The summed E-state index contributed by atoms with van der Waals surface area (Å²) in [6, 6.07) is 11.6. The van der Waals surface area contributed by atoms with Gasteiger partial charge >= 0.3 is 0 Å². The van der Waals surface area contributed by atoms with Crippen LogP contribution in [0.5, 0.6) is 0 Å². The summed E-state index contributed by atoms with van der Waals surface area (Å²) in [6.07, 6.45) is 5.57. The minimum Gasteiger partial charge on any atom is -0.381 e. The standard InChI is InChI=1S/C31H35N5O6S2/c1-18(2)44(39,40)35-31-27-28-24(15-23(16-32-28)26-19(3)34-42-20(26)4)36(30(27)25(17-33-31)43(5,37)38)29(21-9-7-6-8-10-21)22-11-13-41-14-12-22/h6-10,15-18,22,29H,11-14H2,1-5H3,(H,33,35)/t29-/m1/s1. The summed E-state index contributed by atoms with van der Waals surface area (Å²) in [4.78, 5) is 9.24. The van der Waals surface area contributed by atoms with Gasteiger partial charge in [-0.3, -0.25) is 9.71 Å². The first kappa shape index (κ1) is 30.2. The molecule has 1 fully saturated rings. The van der Waals surface area contributed by atoms with Crippen molar-refractivity contribution >= 4 is 47.6 Å². The van der Waals surface area contributed by atoms with Crippen molar-refractivity contribution in [3.63, 3.8) is 0 Å². The average Bonchev–Trinajstić information content (AvgIpc) is 3.50. The Morgan fingerprint density at radius 3 is 2.32 bits per heavy atom. The summed E-state index contributed by atoms with van der Waals surface area (Å²) in [5, 5.41) is 3.70. The number of sulfone groups is 1. The summed E-state index contributed by atoms with van der Waals surface area (Å²) in [5.74, 6) is 0.740. The Hall–Kier alpha value is -3.81. The van der Waals surface area contributed by atoms with E-state index in [0.29, 0.717) is 46.6 Å². The summed E-state index contributed by atoms with van der Waals surface area (Å²) < 4.78 is 68.9. The Kier molecular flexibility index (Phi) is 7.75. The predicted molar refractivity (Wildman–Crippen MR) is 169 cm³/mol. The number of anilines is 1. The van der Waals surface area contributed by atoms with Crippen LogP contribution in [0.1, 0.15) is 49.7 Å². The van der Waals surface area contributed by atoms with Crippen molar-refractivity contribution in [2.45, 2.75) is 56.7 Å². The second-order valence-corrected chi connectivity index (χ2v) is 15.8. The Balaban J connectivity index is 1.80. The van der Waals surface area contributed by atoms with Crippen LogP contribution < -0.4 is 4.72 Å². The molecule has 0 saturated carbocycles. The molecule has 13 heteroatoms. The van der Waals surface area contributed by atoms with Gasteiger partial charge in [-0.1, -0.05) is 35.5 Å². The molecule has 0 unspecified atom stereocenters. The van der Waals surface area contributed by atoms with Crippen LogP contribution in [0.25, 0.3) is 33.1 Å². The summed E-state index contributed by atoms with van der Waals surface area (Å²) >= 11 is 0. The number of rotatable bonds is 8. The van der Waals surface area contributed by atoms with E-state index >= 15 is 0 Å². The smallest absolute Gasteiger partial charge is 0.236 e. The van der Waals surface area contributed by atoms with Gasteiger partial charge in [0.05, 0.1) is 45.1 Å². The molecule has 1 N–H and O–H groups in total. The summed E-state index contributed by atoms with van der Waals surface area (Å²) in [7, 11) is -7.66. The maximum atomic E-state index is 13.4. The molecule has 0 spiro atoms. The monoisotopic (exact) mass is 637 g/mol. The third-order valence-corrected chi connectivity index (χ3v) is 11.2. The fraction of sp³-hybridized carbons (Fsp3) is 0.387. The fourth-order valence-corrected chi connectivity index (χ4v) is 7.59. The molecule has 232 valence electrons. The largest absolute Gasteiger partial charge is 0.381 e. The highest BCUT2D eigenvalue weighted by atomic mass is 32.2. The molecule has 1 aliphatic heterocycles. The second kappa shape index (κ2) is 11.3. The molecular formula is C31H35N5O6S2. The van der Waals surface area contributed by atoms with Gasteiger partial charge in [0.1, 0.15) is 10.7 Å². The SMILES string of the molecule is Cc1noc(C)c1-c1cnc2c3c(NS(=O)(=O)C(C)C)ncc(S(C)(=O)=O)c3n([C@H](c3ccccc3)C3CCOCC3)c2c1. The highest BCUT2D eigenvalue weighted by Gasteiger charge is 2.34. The molecular weight excluding hydrogens is 603 g/mol. The third-order valence-electron chi connectivity index (χ3n) is 8.34. The van der Waals surface area contributed by atoms with E-state index in [1.807, 2.05) is 54.8 Å². The Morgan fingerprint density at radius 1 is 1.00 bits per heavy atom. The van der Waals surface area contributed by atoms with Gasteiger partial charge in [-0.2, -0.15) is 0 Å². The minimum atomic E-state index is -3.83. The van der Waals surface area contributed by atoms with Gasteiger partial charge in [-0.05, 0) is 58.1 Å². The van der Waals surface area contributed by atoms with Crippen LogP contribution in [-0.2, 0) is 24.6 Å². The lowest BCUT2D eigenvalue weighted by molar-refractivity contribution is 0.0552. The zero-order valence-corrected chi connectivity index (χ0v) is 26.9. The van der Waals surface area contributed by atoms with Crippen molar-refractivity contribution in [1.82, 2.24) is 19.7 Å². The van der Waals surface area contributed by atoms with Crippen LogP contribution in [0.2, 0.25) is 0 Å². The van der Waals surface area contributed by atoms with E-state index < -0.39 is 25.1 Å². The van der Waals surface area contributed by atoms with Crippen molar-refractivity contribution in [1.29, 1.82) is 0 Å². The molecule has 1 aromatic carbocycles. The van der Waals surface area contributed by atoms with Crippen molar-refractivity contribution in [3.05, 3.63) is 65.8 Å². The van der Waals surface area contributed by atoms with Gasteiger partial charge in [-0.15, -0.1) is 0 Å². The van der Waals surface area contributed by atoms with E-state index in [1.54, 1.807) is 20.0 Å². The molecule has 0 radical (unpaired) electrons. The van der Waals surface area contributed by atoms with Crippen LogP contribution in [-0.4, -0.2) is 61.2 Å². The summed E-state index contributed by atoms with van der Waals surface area (Å²) in [6.45, 7) is 7.97. The van der Waals surface area contributed by atoms with Gasteiger partial charge in [0, 0.05) is 36.8 Å². The maximum absolute atomic E-state index is 13.4. The zero-order valence-electron chi connectivity index (χ0n) is 25.2. The lowest BCUT2D eigenvalue weighted by Crippen LogP contribution is -2.27. The predicted octanol–water partition coefficient (Wildman–Crippen LogP) is 5.43. The molecule has 5 heterocycles. The van der Waals surface area contributed by atoms with Gasteiger partial charge < -0.3 is 13.8 Å². The number of nitrogens with one attached hydrogen (secondary N) is 1. The lowest BCUT2D eigenvalue weighted by atomic mass is 9.86. The second-order valence-electron chi connectivity index (χ2n) is 11.6. The molecule has 1 aliphatic rings. The number of sulfonamides is 1. The van der Waals surface area contributed by atoms with E-state index in [2.05, 4.69) is 14.9 Å². The van der Waals surface area contributed by atoms with E-state index in [9.17, 15) is 16.8 Å². The van der Waals surface area contributed by atoms with Crippen LogP contribution in [0.15, 0.2) is 58.2 Å².